The van der Waals surface area contributed by atoms with Crippen LogP contribution >= 0.6 is 0 Å². The minimum atomic E-state index is -0.0937. The van der Waals surface area contributed by atoms with Gasteiger partial charge in [-0.1, -0.05) is 0 Å². The number of nitrogens with zero attached hydrogens (tertiary/aromatic N) is 1. The monoisotopic (exact) mass is 221 g/mol. The van der Waals surface area contributed by atoms with Crippen LogP contribution in [0.3, 0.4) is 0 Å². The molecule has 4 heteroatoms. The Labute approximate surface area is 94.6 Å². The van der Waals surface area contributed by atoms with Gasteiger partial charge in [-0.25, -0.2) is 4.98 Å². The van der Waals surface area contributed by atoms with E-state index >= 15 is 0 Å². The normalized spacial score (nSPS) is 24.4. The van der Waals surface area contributed by atoms with Gasteiger partial charge in [-0.2, -0.15) is 0 Å². The second-order valence-electron chi connectivity index (χ2n) is 3.89. The second-order valence-corrected chi connectivity index (χ2v) is 3.89. The van der Waals surface area contributed by atoms with Gasteiger partial charge in [-0.05, 0) is 25.5 Å². The van der Waals surface area contributed by atoms with Crippen LogP contribution in [0.15, 0.2) is 18.3 Å². The fourth-order valence-electron chi connectivity index (χ4n) is 1.99. The van der Waals surface area contributed by atoms with Gasteiger partial charge < -0.3 is 9.47 Å². The van der Waals surface area contributed by atoms with Crippen molar-refractivity contribution in [2.75, 3.05) is 13.7 Å². The number of ether oxygens (including phenoxy) is 2. The maximum Gasteiger partial charge on any atom is 0.190 e. The average molecular weight is 221 g/mol. The lowest BCUT2D eigenvalue weighted by molar-refractivity contribution is 0.0757. The van der Waals surface area contributed by atoms with Crippen LogP contribution in [0.4, 0.5) is 0 Å². The molecule has 1 aromatic heterocycles. The Balaban J connectivity index is 2.26. The second kappa shape index (κ2) is 4.61. The van der Waals surface area contributed by atoms with Gasteiger partial charge in [0, 0.05) is 12.8 Å². The zero-order chi connectivity index (χ0) is 11.5. The number of hydrogen-bond donors (Lipinski definition) is 0. The highest BCUT2D eigenvalue weighted by Gasteiger charge is 2.33. The molecule has 0 bridgehead atoms. The minimum Gasteiger partial charge on any atom is -0.494 e. The van der Waals surface area contributed by atoms with Crippen LogP contribution in [0.25, 0.3) is 0 Å². The molecule has 0 radical (unpaired) electrons. The summed E-state index contributed by atoms with van der Waals surface area (Å²) in [6.45, 7) is 2.57. The number of carbonyl (C=O) groups excluding carboxylic acids is 1. The number of carbonyl (C=O) groups is 1. The molecule has 0 amide bonds. The largest absolute Gasteiger partial charge is 0.494 e. The van der Waals surface area contributed by atoms with E-state index < -0.39 is 0 Å². The lowest BCUT2D eigenvalue weighted by Gasteiger charge is -2.13. The number of pyridine rings is 1. The topological polar surface area (TPSA) is 48.4 Å². The maximum absolute atomic E-state index is 12.2. The summed E-state index contributed by atoms with van der Waals surface area (Å²) in [5.41, 5.74) is 0.410. The molecule has 2 heterocycles. The molecule has 0 N–H and O–H groups in total. The predicted octanol–water partition coefficient (Wildman–Crippen LogP) is 1.70. The van der Waals surface area contributed by atoms with Crippen LogP contribution in [0, 0.1) is 5.92 Å². The summed E-state index contributed by atoms with van der Waals surface area (Å²) in [7, 11) is 1.54. The standard InChI is InChI=1S/C12H15NO3/c1-8-9(5-7-16-8)12(14)11-10(15-2)4-3-6-13-11/h3-4,6,8-9H,5,7H2,1-2H3. The number of Topliss-reactive ketones (excluding diaryl/α,β-unsaturated/α-hetero) is 1. The molecule has 4 nitrogen and oxygen atoms in total. The zero-order valence-corrected chi connectivity index (χ0v) is 9.47. The van der Waals surface area contributed by atoms with Gasteiger partial charge in [0.25, 0.3) is 0 Å². The number of rotatable bonds is 3. The van der Waals surface area contributed by atoms with Gasteiger partial charge in [-0.3, -0.25) is 4.79 Å². The molecule has 2 rings (SSSR count). The van der Waals surface area contributed by atoms with Crippen LogP contribution in [-0.2, 0) is 4.74 Å². The summed E-state index contributed by atoms with van der Waals surface area (Å²) in [5.74, 6) is 0.456. The van der Waals surface area contributed by atoms with Crippen LogP contribution in [0.1, 0.15) is 23.8 Å². The van der Waals surface area contributed by atoms with Crippen LogP contribution in [0.2, 0.25) is 0 Å². The van der Waals surface area contributed by atoms with Gasteiger partial charge in [0.05, 0.1) is 19.1 Å². The first-order valence-electron chi connectivity index (χ1n) is 5.39. The lowest BCUT2D eigenvalue weighted by Crippen LogP contribution is -2.23. The number of aromatic nitrogens is 1. The first-order valence-corrected chi connectivity index (χ1v) is 5.39. The Morgan fingerprint density at radius 2 is 2.44 bits per heavy atom. The van der Waals surface area contributed by atoms with E-state index in [2.05, 4.69) is 4.98 Å². The molecule has 0 spiro atoms. The van der Waals surface area contributed by atoms with Gasteiger partial charge >= 0.3 is 0 Å². The number of ketones is 1. The van der Waals surface area contributed by atoms with E-state index in [1.165, 1.54) is 0 Å². The van der Waals surface area contributed by atoms with Crippen molar-refractivity contribution in [1.29, 1.82) is 0 Å². The highest BCUT2D eigenvalue weighted by atomic mass is 16.5. The van der Waals surface area contributed by atoms with Crippen LogP contribution in [-0.4, -0.2) is 30.6 Å². The van der Waals surface area contributed by atoms with Crippen molar-refractivity contribution in [2.45, 2.75) is 19.4 Å². The summed E-state index contributed by atoms with van der Waals surface area (Å²) in [5, 5.41) is 0. The molecular formula is C12H15NO3. The third kappa shape index (κ3) is 1.93. The fourth-order valence-corrected chi connectivity index (χ4v) is 1.99. The molecule has 2 atom stereocenters. The SMILES string of the molecule is COc1cccnc1C(=O)C1CCOC1C. The van der Waals surface area contributed by atoms with Crippen molar-refractivity contribution in [3.63, 3.8) is 0 Å². The van der Waals surface area contributed by atoms with Gasteiger partial charge in [0.2, 0.25) is 0 Å². The summed E-state index contributed by atoms with van der Waals surface area (Å²) < 4.78 is 10.5. The van der Waals surface area contributed by atoms with E-state index in [1.54, 1.807) is 25.4 Å². The van der Waals surface area contributed by atoms with E-state index in [1.807, 2.05) is 6.92 Å². The lowest BCUT2D eigenvalue weighted by atomic mass is 9.95. The first kappa shape index (κ1) is 11.1. The Morgan fingerprint density at radius 3 is 3.06 bits per heavy atom. The van der Waals surface area contributed by atoms with E-state index in [-0.39, 0.29) is 17.8 Å². The van der Waals surface area contributed by atoms with Crippen molar-refractivity contribution in [2.24, 2.45) is 5.92 Å². The Bertz CT molecular complexity index is 392. The molecule has 16 heavy (non-hydrogen) atoms. The highest BCUT2D eigenvalue weighted by Crippen LogP contribution is 2.27. The molecule has 0 aliphatic carbocycles. The van der Waals surface area contributed by atoms with Crippen LogP contribution in [0.5, 0.6) is 5.75 Å². The third-order valence-corrected chi connectivity index (χ3v) is 2.94. The molecular weight excluding hydrogens is 206 g/mol. The van der Waals surface area contributed by atoms with Gasteiger partial charge in [0.1, 0.15) is 11.4 Å². The van der Waals surface area contributed by atoms with Crippen molar-refractivity contribution in [3.8, 4) is 5.75 Å². The summed E-state index contributed by atoms with van der Waals surface area (Å²) in [4.78, 5) is 16.3. The molecule has 2 unspecified atom stereocenters. The Kier molecular flexibility index (Phi) is 3.19. The summed E-state index contributed by atoms with van der Waals surface area (Å²) >= 11 is 0. The molecule has 1 aliphatic rings. The highest BCUT2D eigenvalue weighted by molar-refractivity contribution is 5.98. The predicted molar refractivity (Wildman–Crippen MR) is 58.6 cm³/mol. The molecule has 1 fully saturated rings. The van der Waals surface area contributed by atoms with Crippen molar-refractivity contribution in [3.05, 3.63) is 24.0 Å². The molecule has 86 valence electrons. The number of hydrogen-bond acceptors (Lipinski definition) is 4. The van der Waals surface area contributed by atoms with Crippen molar-refractivity contribution < 1.29 is 14.3 Å². The van der Waals surface area contributed by atoms with Gasteiger partial charge in [-0.15, -0.1) is 0 Å². The molecule has 0 saturated carbocycles. The maximum atomic E-state index is 12.2. The van der Waals surface area contributed by atoms with E-state index in [0.29, 0.717) is 18.1 Å². The quantitative estimate of drug-likeness (QED) is 0.729. The summed E-state index contributed by atoms with van der Waals surface area (Å²) in [6, 6.07) is 3.50. The Hall–Kier alpha value is -1.42. The smallest absolute Gasteiger partial charge is 0.190 e. The fraction of sp³-hybridized carbons (Fsp3) is 0.500. The van der Waals surface area contributed by atoms with Crippen molar-refractivity contribution >= 4 is 5.78 Å². The van der Waals surface area contributed by atoms with Crippen molar-refractivity contribution in [1.82, 2.24) is 4.98 Å². The number of methoxy groups -OCH3 is 1. The molecule has 1 aromatic rings. The minimum absolute atomic E-state index is 0.0162. The average Bonchev–Trinajstić information content (AvgIpc) is 2.74. The van der Waals surface area contributed by atoms with Crippen LogP contribution < -0.4 is 4.74 Å². The Morgan fingerprint density at radius 1 is 1.62 bits per heavy atom. The van der Waals surface area contributed by atoms with E-state index in [4.69, 9.17) is 9.47 Å². The van der Waals surface area contributed by atoms with Gasteiger partial charge in [0.15, 0.2) is 5.78 Å². The molecule has 1 aliphatic heterocycles. The molecule has 0 aromatic carbocycles. The third-order valence-electron chi connectivity index (χ3n) is 2.94. The zero-order valence-electron chi connectivity index (χ0n) is 9.47. The first-order chi connectivity index (χ1) is 7.74. The van der Waals surface area contributed by atoms with E-state index in [9.17, 15) is 4.79 Å². The molecule has 1 saturated heterocycles. The summed E-state index contributed by atoms with van der Waals surface area (Å²) in [6.07, 6.45) is 2.34. The van der Waals surface area contributed by atoms with E-state index in [0.717, 1.165) is 6.42 Å².